The maximum absolute atomic E-state index is 8.64. The van der Waals surface area contributed by atoms with Crippen molar-refractivity contribution in [3.8, 4) is 6.07 Å². The number of aromatic amines is 1. The van der Waals surface area contributed by atoms with Gasteiger partial charge in [0.25, 0.3) is 0 Å². The van der Waals surface area contributed by atoms with E-state index in [1.54, 1.807) is 0 Å². The fourth-order valence-corrected chi connectivity index (χ4v) is 1.44. The van der Waals surface area contributed by atoms with Crippen LogP contribution in [0.3, 0.4) is 0 Å². The highest BCUT2D eigenvalue weighted by Crippen LogP contribution is 2.09. The van der Waals surface area contributed by atoms with Crippen molar-refractivity contribution in [2.24, 2.45) is 0 Å². The van der Waals surface area contributed by atoms with Crippen LogP contribution in [-0.2, 0) is 6.42 Å². The van der Waals surface area contributed by atoms with E-state index in [2.05, 4.69) is 23.2 Å². The van der Waals surface area contributed by atoms with E-state index in [4.69, 9.17) is 5.26 Å². The van der Waals surface area contributed by atoms with Crippen LogP contribution in [0, 0.1) is 11.3 Å². The van der Waals surface area contributed by atoms with Crippen molar-refractivity contribution in [1.82, 2.24) is 4.98 Å². The second-order valence-electron chi connectivity index (χ2n) is 3.20. The number of nitriles is 1. The highest BCUT2D eigenvalue weighted by Gasteiger charge is 1.98. The van der Waals surface area contributed by atoms with Crippen LogP contribution in [0.4, 0.5) is 0 Å². The highest BCUT2D eigenvalue weighted by molar-refractivity contribution is 5.30. The first kappa shape index (κ1) is 8.58. The summed E-state index contributed by atoms with van der Waals surface area (Å²) in [7, 11) is 0. The molecule has 2 rings (SSSR count). The summed E-state index contributed by atoms with van der Waals surface area (Å²) in [6.45, 7) is 0. The van der Waals surface area contributed by atoms with Gasteiger partial charge in [-0.3, -0.25) is 0 Å². The van der Waals surface area contributed by atoms with Gasteiger partial charge in [0.1, 0.15) is 11.8 Å². The van der Waals surface area contributed by atoms with Crippen LogP contribution in [0.15, 0.2) is 42.6 Å². The highest BCUT2D eigenvalue weighted by atomic mass is 14.7. The average Bonchev–Trinajstić information content (AvgIpc) is 2.67. The van der Waals surface area contributed by atoms with Gasteiger partial charge in [-0.1, -0.05) is 30.3 Å². The van der Waals surface area contributed by atoms with Crippen LogP contribution < -0.4 is 0 Å². The lowest BCUT2D eigenvalue weighted by Crippen LogP contribution is -1.83. The molecule has 1 N–H and O–H groups in total. The molecule has 0 aliphatic rings. The number of benzene rings is 1. The molecule has 0 spiro atoms. The predicted octanol–water partition coefficient (Wildman–Crippen LogP) is 2.48. The molecule has 0 unspecified atom stereocenters. The van der Waals surface area contributed by atoms with Crippen molar-refractivity contribution < 1.29 is 0 Å². The van der Waals surface area contributed by atoms with Gasteiger partial charge in [-0.05, 0) is 23.6 Å². The molecule has 0 saturated heterocycles. The molecule has 0 radical (unpaired) electrons. The quantitative estimate of drug-likeness (QED) is 0.761. The zero-order valence-corrected chi connectivity index (χ0v) is 7.70. The number of rotatable bonds is 2. The summed E-state index contributed by atoms with van der Waals surface area (Å²) in [6.07, 6.45) is 2.75. The third kappa shape index (κ3) is 1.83. The molecule has 1 aromatic carbocycles. The molecule has 0 fully saturated rings. The van der Waals surface area contributed by atoms with Crippen LogP contribution in [0.2, 0.25) is 0 Å². The Morgan fingerprint density at radius 1 is 1.14 bits per heavy atom. The van der Waals surface area contributed by atoms with Gasteiger partial charge in [-0.2, -0.15) is 5.26 Å². The first-order valence-corrected chi connectivity index (χ1v) is 4.50. The van der Waals surface area contributed by atoms with E-state index in [1.807, 2.05) is 30.5 Å². The van der Waals surface area contributed by atoms with Crippen LogP contribution in [0.1, 0.15) is 16.8 Å². The monoisotopic (exact) mass is 182 g/mol. The first-order chi connectivity index (χ1) is 6.88. The molecule has 0 saturated carbocycles. The lowest BCUT2D eigenvalue weighted by molar-refractivity contribution is 1.20. The predicted molar refractivity (Wildman–Crippen MR) is 54.8 cm³/mol. The van der Waals surface area contributed by atoms with Crippen molar-refractivity contribution in [2.75, 3.05) is 0 Å². The van der Waals surface area contributed by atoms with E-state index < -0.39 is 0 Å². The van der Waals surface area contributed by atoms with Crippen molar-refractivity contribution in [3.05, 3.63) is 59.4 Å². The smallest absolute Gasteiger partial charge is 0.117 e. The Morgan fingerprint density at radius 2 is 1.93 bits per heavy atom. The van der Waals surface area contributed by atoms with E-state index in [0.29, 0.717) is 5.69 Å². The fraction of sp³-hybridized carbons (Fsp3) is 0.0833. The van der Waals surface area contributed by atoms with Crippen LogP contribution in [-0.4, -0.2) is 4.98 Å². The maximum atomic E-state index is 8.64. The van der Waals surface area contributed by atoms with Crippen LogP contribution >= 0.6 is 0 Å². The minimum absolute atomic E-state index is 0.621. The first-order valence-electron chi connectivity index (χ1n) is 4.50. The molecule has 1 aromatic heterocycles. The summed E-state index contributed by atoms with van der Waals surface area (Å²) in [6, 6.07) is 14.2. The largest absolute Gasteiger partial charge is 0.353 e. The second kappa shape index (κ2) is 3.80. The molecule has 0 aliphatic heterocycles. The van der Waals surface area contributed by atoms with Gasteiger partial charge in [0.05, 0.1) is 0 Å². The summed E-state index contributed by atoms with van der Waals surface area (Å²) < 4.78 is 0. The topological polar surface area (TPSA) is 39.6 Å². The maximum Gasteiger partial charge on any atom is 0.117 e. The van der Waals surface area contributed by atoms with Gasteiger partial charge < -0.3 is 4.98 Å². The van der Waals surface area contributed by atoms with Gasteiger partial charge in [0, 0.05) is 6.20 Å². The molecule has 1 heterocycles. The Balaban J connectivity index is 2.16. The summed E-state index contributed by atoms with van der Waals surface area (Å²) in [5, 5.41) is 8.64. The third-order valence-electron chi connectivity index (χ3n) is 2.11. The zero-order valence-electron chi connectivity index (χ0n) is 7.70. The van der Waals surface area contributed by atoms with E-state index in [-0.39, 0.29) is 0 Å². The van der Waals surface area contributed by atoms with Crippen molar-refractivity contribution >= 4 is 0 Å². The minimum Gasteiger partial charge on any atom is -0.353 e. The number of H-pyrrole nitrogens is 1. The molecule has 68 valence electrons. The number of nitrogens with zero attached hydrogens (tertiary/aromatic N) is 1. The molecule has 0 atom stereocenters. The molecular formula is C12H10N2. The Labute approximate surface area is 82.8 Å². The molecule has 0 bridgehead atoms. The second-order valence-corrected chi connectivity index (χ2v) is 3.20. The third-order valence-corrected chi connectivity index (χ3v) is 2.11. The standard InChI is InChI=1S/C12H10N2/c13-8-12-7-11(9-14-12)6-10-4-2-1-3-5-10/h1-5,7,9,14H,6H2. The lowest BCUT2D eigenvalue weighted by Gasteiger charge is -1.96. The average molecular weight is 182 g/mol. The van der Waals surface area contributed by atoms with Gasteiger partial charge >= 0.3 is 0 Å². The number of hydrogen-bond donors (Lipinski definition) is 1. The number of aromatic nitrogens is 1. The van der Waals surface area contributed by atoms with E-state index >= 15 is 0 Å². The van der Waals surface area contributed by atoms with Crippen LogP contribution in [0.5, 0.6) is 0 Å². The molecule has 2 nitrogen and oxygen atoms in total. The van der Waals surface area contributed by atoms with Crippen LogP contribution in [0.25, 0.3) is 0 Å². The molecule has 2 heteroatoms. The zero-order chi connectivity index (χ0) is 9.80. The Kier molecular flexibility index (Phi) is 2.33. The van der Waals surface area contributed by atoms with Crippen molar-refractivity contribution in [2.45, 2.75) is 6.42 Å². The van der Waals surface area contributed by atoms with Gasteiger partial charge in [0.15, 0.2) is 0 Å². The van der Waals surface area contributed by atoms with E-state index in [1.165, 1.54) is 5.56 Å². The van der Waals surface area contributed by atoms with E-state index in [0.717, 1.165) is 12.0 Å². The summed E-state index contributed by atoms with van der Waals surface area (Å²) >= 11 is 0. The molecule has 0 aliphatic carbocycles. The molecular weight excluding hydrogens is 172 g/mol. The van der Waals surface area contributed by atoms with Crippen molar-refractivity contribution in [1.29, 1.82) is 5.26 Å². The Bertz CT molecular complexity index is 449. The van der Waals surface area contributed by atoms with Gasteiger partial charge in [-0.15, -0.1) is 0 Å². The Hall–Kier alpha value is -2.01. The van der Waals surface area contributed by atoms with Crippen molar-refractivity contribution in [3.63, 3.8) is 0 Å². The summed E-state index contributed by atoms with van der Waals surface area (Å²) in [4.78, 5) is 2.91. The SMILES string of the molecule is N#Cc1cc(Cc2ccccc2)c[nH]1. The fourth-order valence-electron chi connectivity index (χ4n) is 1.44. The number of hydrogen-bond acceptors (Lipinski definition) is 1. The van der Waals surface area contributed by atoms with Gasteiger partial charge in [-0.25, -0.2) is 0 Å². The summed E-state index contributed by atoms with van der Waals surface area (Å²) in [5.41, 5.74) is 3.03. The minimum atomic E-state index is 0.621. The lowest BCUT2D eigenvalue weighted by atomic mass is 10.1. The summed E-state index contributed by atoms with van der Waals surface area (Å²) in [5.74, 6) is 0. The normalized spacial score (nSPS) is 9.64. The molecule has 0 amide bonds. The number of nitrogens with one attached hydrogen (secondary N) is 1. The Morgan fingerprint density at radius 3 is 2.57 bits per heavy atom. The van der Waals surface area contributed by atoms with Gasteiger partial charge in [0.2, 0.25) is 0 Å². The molecule has 2 aromatic rings. The molecule has 14 heavy (non-hydrogen) atoms. The van der Waals surface area contributed by atoms with E-state index in [9.17, 15) is 0 Å².